The van der Waals surface area contributed by atoms with Gasteiger partial charge in [-0.05, 0) is 6.42 Å². The summed E-state index contributed by atoms with van der Waals surface area (Å²) >= 11 is 0. The van der Waals surface area contributed by atoms with Gasteiger partial charge in [0.2, 0.25) is 0 Å². The minimum Gasteiger partial charge on any atom is -0.445 e. The Morgan fingerprint density at radius 2 is 1.77 bits per heavy atom. The molecule has 0 amide bonds. The lowest BCUT2D eigenvalue weighted by atomic mass is 9.76. The van der Waals surface area contributed by atoms with E-state index in [4.69, 9.17) is 5.11 Å². The summed E-state index contributed by atoms with van der Waals surface area (Å²) in [5, 5.41) is 8.55. The fourth-order valence-electron chi connectivity index (χ4n) is 1.20. The number of halogens is 3. The van der Waals surface area contributed by atoms with Gasteiger partial charge in [-0.2, -0.15) is 0 Å². The van der Waals surface area contributed by atoms with E-state index in [0.29, 0.717) is 0 Å². The summed E-state index contributed by atoms with van der Waals surface area (Å²) in [5.41, 5.74) is -0.436. The predicted octanol–water partition coefficient (Wildman–Crippen LogP) is 1.28. The Hall–Kier alpha value is -0.965. The summed E-state index contributed by atoms with van der Waals surface area (Å²) in [6.45, 7) is -5.22. The summed E-state index contributed by atoms with van der Waals surface area (Å²) in [6, 6.07) is 5.33. The molecule has 0 spiro atoms. The second-order valence-corrected chi connectivity index (χ2v) is 2.75. The Bertz CT molecular complexity index is 285. The van der Waals surface area contributed by atoms with Crippen LogP contribution in [0.3, 0.4) is 0 Å². The van der Waals surface area contributed by atoms with E-state index in [0.717, 1.165) is 6.07 Å². The number of aliphatic hydroxyl groups excluding tert-OH is 1. The van der Waals surface area contributed by atoms with Gasteiger partial charge >= 0.3 is 6.98 Å². The van der Waals surface area contributed by atoms with Crippen LogP contribution >= 0.6 is 0 Å². The lowest BCUT2D eigenvalue weighted by Gasteiger charge is -2.18. The zero-order valence-corrected chi connectivity index (χ0v) is 6.88. The molecule has 0 aliphatic carbocycles. The van der Waals surface area contributed by atoms with E-state index < -0.39 is 12.4 Å². The normalized spacial score (nSPS) is 11.7. The highest BCUT2D eigenvalue weighted by Gasteiger charge is 2.27. The summed E-state index contributed by atoms with van der Waals surface area (Å²) in [7, 11) is 0. The Labute approximate surface area is 74.3 Å². The first-order valence-corrected chi connectivity index (χ1v) is 3.94. The number of aliphatic hydroxyl groups is 1. The molecule has 0 bridgehead atoms. The summed E-state index contributed by atoms with van der Waals surface area (Å²) in [5.74, 6) is 0. The smallest absolute Gasteiger partial charge is 0.445 e. The first kappa shape index (κ1) is 10.1. The molecule has 1 nitrogen and oxygen atoms in total. The van der Waals surface area contributed by atoms with E-state index in [1.807, 2.05) is 0 Å². The van der Waals surface area contributed by atoms with Gasteiger partial charge in [0, 0.05) is 6.61 Å². The van der Waals surface area contributed by atoms with Gasteiger partial charge < -0.3 is 18.1 Å². The Kier molecular flexibility index (Phi) is 2.98. The number of benzene rings is 1. The van der Waals surface area contributed by atoms with Gasteiger partial charge in [0.05, 0.1) is 0 Å². The van der Waals surface area contributed by atoms with E-state index in [9.17, 15) is 12.9 Å². The van der Waals surface area contributed by atoms with Crippen molar-refractivity contribution in [1.82, 2.24) is 0 Å². The molecular weight excluding hydrogens is 180 g/mol. The highest BCUT2D eigenvalue weighted by Crippen LogP contribution is 2.12. The highest BCUT2D eigenvalue weighted by atomic mass is 19.4. The maximum Gasteiger partial charge on any atom is 0.509 e. The van der Waals surface area contributed by atoms with Crippen LogP contribution in [0.2, 0.25) is 0 Å². The zero-order valence-electron chi connectivity index (χ0n) is 6.88. The minimum absolute atomic E-state index is 0.0530. The SMILES string of the molecule is OCCc1ccccc1[B-](F)(F)F. The maximum atomic E-state index is 12.4. The van der Waals surface area contributed by atoms with Gasteiger partial charge in [-0.15, -0.1) is 5.46 Å². The lowest BCUT2D eigenvalue weighted by molar-refractivity contribution is 0.300. The molecule has 0 atom stereocenters. The third-order valence-corrected chi connectivity index (χ3v) is 1.79. The van der Waals surface area contributed by atoms with Gasteiger partial charge in [-0.3, -0.25) is 0 Å². The van der Waals surface area contributed by atoms with Gasteiger partial charge in [0.15, 0.2) is 0 Å². The highest BCUT2D eigenvalue weighted by molar-refractivity contribution is 6.74. The Morgan fingerprint density at radius 1 is 1.15 bits per heavy atom. The molecule has 0 saturated carbocycles. The van der Waals surface area contributed by atoms with Gasteiger partial charge in [0.1, 0.15) is 0 Å². The first-order chi connectivity index (χ1) is 6.05. The lowest BCUT2D eigenvalue weighted by Crippen LogP contribution is -2.37. The van der Waals surface area contributed by atoms with Crippen molar-refractivity contribution in [1.29, 1.82) is 0 Å². The Balaban J connectivity index is 3.05. The van der Waals surface area contributed by atoms with Crippen molar-refractivity contribution in [2.75, 3.05) is 6.61 Å². The third-order valence-electron chi connectivity index (χ3n) is 1.79. The van der Waals surface area contributed by atoms with Gasteiger partial charge in [0.25, 0.3) is 0 Å². The van der Waals surface area contributed by atoms with Crippen LogP contribution in [0.4, 0.5) is 12.9 Å². The fourth-order valence-corrected chi connectivity index (χ4v) is 1.20. The second kappa shape index (κ2) is 3.83. The fraction of sp³-hybridized carbons (Fsp3) is 0.250. The topological polar surface area (TPSA) is 20.2 Å². The quantitative estimate of drug-likeness (QED) is 0.710. The molecule has 5 heteroatoms. The van der Waals surface area contributed by atoms with Crippen LogP contribution < -0.4 is 5.46 Å². The maximum absolute atomic E-state index is 12.4. The summed E-state index contributed by atoms with van der Waals surface area (Å²) in [6.07, 6.45) is 0.0530. The zero-order chi connectivity index (χ0) is 9.90. The van der Waals surface area contributed by atoms with Crippen molar-refractivity contribution in [2.45, 2.75) is 6.42 Å². The average Bonchev–Trinajstić information content (AvgIpc) is 2.04. The van der Waals surface area contributed by atoms with E-state index in [2.05, 4.69) is 0 Å². The molecule has 0 radical (unpaired) electrons. The molecule has 0 saturated heterocycles. The van der Waals surface area contributed by atoms with E-state index in [-0.39, 0.29) is 18.6 Å². The van der Waals surface area contributed by atoms with E-state index >= 15 is 0 Å². The molecule has 1 N–H and O–H groups in total. The standard InChI is InChI=1S/C8H9BF3O/c10-9(11,12)8-4-2-1-3-7(8)5-6-13/h1-4,13H,5-6H2/q-1. The molecule has 72 valence electrons. The monoisotopic (exact) mass is 189 g/mol. The first-order valence-electron chi connectivity index (χ1n) is 3.94. The Morgan fingerprint density at radius 3 is 2.31 bits per heavy atom. The molecule has 0 heterocycles. The molecule has 0 aliphatic heterocycles. The van der Waals surface area contributed by atoms with Crippen LogP contribution in [-0.4, -0.2) is 18.7 Å². The van der Waals surface area contributed by atoms with Crippen molar-refractivity contribution in [3.63, 3.8) is 0 Å². The van der Waals surface area contributed by atoms with Crippen LogP contribution in [0.25, 0.3) is 0 Å². The second-order valence-electron chi connectivity index (χ2n) is 2.75. The van der Waals surface area contributed by atoms with Crippen molar-refractivity contribution in [3.05, 3.63) is 29.8 Å². The molecular formula is C8H9BF3O-. The molecule has 0 unspecified atom stereocenters. The molecule has 13 heavy (non-hydrogen) atoms. The van der Waals surface area contributed by atoms with Crippen molar-refractivity contribution in [2.24, 2.45) is 0 Å². The number of hydrogen-bond acceptors (Lipinski definition) is 1. The third kappa shape index (κ3) is 2.49. The molecule has 0 aromatic heterocycles. The van der Waals surface area contributed by atoms with Crippen LogP contribution in [0.1, 0.15) is 5.56 Å². The predicted molar refractivity (Wildman–Crippen MR) is 45.9 cm³/mol. The van der Waals surface area contributed by atoms with Crippen molar-refractivity contribution in [3.8, 4) is 0 Å². The molecule has 1 rings (SSSR count). The van der Waals surface area contributed by atoms with Crippen LogP contribution in [0.15, 0.2) is 24.3 Å². The number of rotatable bonds is 3. The molecule has 0 fully saturated rings. The number of hydrogen-bond donors (Lipinski definition) is 1. The minimum atomic E-state index is -4.96. The van der Waals surface area contributed by atoms with Gasteiger partial charge in [-0.25, -0.2) is 0 Å². The van der Waals surface area contributed by atoms with Crippen LogP contribution in [0, 0.1) is 0 Å². The largest absolute Gasteiger partial charge is 0.509 e. The van der Waals surface area contributed by atoms with Crippen LogP contribution in [-0.2, 0) is 6.42 Å². The van der Waals surface area contributed by atoms with Crippen molar-refractivity contribution >= 4 is 12.4 Å². The van der Waals surface area contributed by atoms with E-state index in [1.54, 1.807) is 0 Å². The van der Waals surface area contributed by atoms with Crippen molar-refractivity contribution < 1.29 is 18.1 Å². The summed E-state index contributed by atoms with van der Waals surface area (Å²) in [4.78, 5) is 0. The van der Waals surface area contributed by atoms with Gasteiger partial charge in [-0.1, -0.05) is 29.8 Å². The molecule has 0 aliphatic rings. The average molecular weight is 189 g/mol. The van der Waals surface area contributed by atoms with E-state index in [1.165, 1.54) is 18.2 Å². The van der Waals surface area contributed by atoms with Crippen LogP contribution in [0.5, 0.6) is 0 Å². The molecule has 1 aromatic rings. The molecule has 1 aromatic carbocycles. The summed E-state index contributed by atoms with van der Waals surface area (Å²) < 4.78 is 37.1.